The first-order valence-corrected chi connectivity index (χ1v) is 7.60. The van der Waals surface area contributed by atoms with E-state index >= 15 is 0 Å². The van der Waals surface area contributed by atoms with Crippen molar-refractivity contribution >= 4 is 15.7 Å². The summed E-state index contributed by atoms with van der Waals surface area (Å²) in [4.78, 5) is 13.8. The van der Waals surface area contributed by atoms with Gasteiger partial charge in [0.05, 0.1) is 11.5 Å². The van der Waals surface area contributed by atoms with Crippen molar-refractivity contribution in [3.63, 3.8) is 0 Å². The summed E-state index contributed by atoms with van der Waals surface area (Å²) in [6.07, 6.45) is 1.75. The minimum atomic E-state index is -2.89. The van der Waals surface area contributed by atoms with Crippen LogP contribution in [0.2, 0.25) is 0 Å². The average Bonchev–Trinajstić information content (AvgIpc) is 2.29. The highest BCUT2D eigenvalue weighted by atomic mass is 32.2. The number of nitrogens with zero attached hydrogens (tertiary/aromatic N) is 1. The fourth-order valence-corrected chi connectivity index (χ4v) is 3.46. The maximum absolute atomic E-state index is 12.1. The molecular formula is C10H18N2O3S. The second-order valence-electron chi connectivity index (χ2n) is 4.50. The van der Waals surface area contributed by atoms with Crippen LogP contribution in [0.25, 0.3) is 0 Å². The van der Waals surface area contributed by atoms with Gasteiger partial charge in [0.1, 0.15) is 0 Å². The van der Waals surface area contributed by atoms with Crippen LogP contribution in [0.1, 0.15) is 12.8 Å². The summed E-state index contributed by atoms with van der Waals surface area (Å²) >= 11 is 0. The Morgan fingerprint density at radius 1 is 1.12 bits per heavy atom. The minimum Gasteiger partial charge on any atom is -0.340 e. The summed E-state index contributed by atoms with van der Waals surface area (Å²) in [6.45, 7) is 2.54. The monoisotopic (exact) mass is 246 g/mol. The van der Waals surface area contributed by atoms with Crippen LogP contribution >= 0.6 is 0 Å². The van der Waals surface area contributed by atoms with E-state index in [4.69, 9.17) is 0 Å². The predicted molar refractivity (Wildman–Crippen MR) is 60.8 cm³/mol. The van der Waals surface area contributed by atoms with E-state index in [2.05, 4.69) is 5.32 Å². The van der Waals surface area contributed by atoms with E-state index in [-0.39, 0.29) is 23.3 Å². The van der Waals surface area contributed by atoms with Crippen LogP contribution in [-0.4, -0.2) is 56.9 Å². The summed E-state index contributed by atoms with van der Waals surface area (Å²) in [6, 6.07) is 0. The van der Waals surface area contributed by atoms with Crippen molar-refractivity contribution in [3.05, 3.63) is 0 Å². The molecule has 2 fully saturated rings. The van der Waals surface area contributed by atoms with E-state index < -0.39 is 9.84 Å². The molecule has 2 rings (SSSR count). The Labute approximate surface area is 96.1 Å². The summed E-state index contributed by atoms with van der Waals surface area (Å²) in [5.74, 6) is 0.506. The van der Waals surface area contributed by atoms with Crippen molar-refractivity contribution in [2.75, 3.05) is 37.7 Å². The van der Waals surface area contributed by atoms with Crippen LogP contribution < -0.4 is 5.32 Å². The molecule has 5 nitrogen and oxygen atoms in total. The lowest BCUT2D eigenvalue weighted by atomic mass is 9.96. The second-order valence-corrected chi connectivity index (χ2v) is 6.81. The van der Waals surface area contributed by atoms with Gasteiger partial charge >= 0.3 is 0 Å². The number of nitrogens with one attached hydrogen (secondary N) is 1. The first-order valence-electron chi connectivity index (χ1n) is 5.78. The highest BCUT2D eigenvalue weighted by Crippen LogP contribution is 2.16. The van der Waals surface area contributed by atoms with Gasteiger partial charge in [-0.05, 0) is 25.9 Å². The fourth-order valence-electron chi connectivity index (χ4n) is 2.26. The average molecular weight is 246 g/mol. The molecule has 0 aromatic carbocycles. The van der Waals surface area contributed by atoms with Gasteiger partial charge in [-0.25, -0.2) is 8.42 Å². The molecular weight excluding hydrogens is 228 g/mol. The molecule has 0 aromatic rings. The Kier molecular flexibility index (Phi) is 3.49. The Balaban J connectivity index is 1.90. The van der Waals surface area contributed by atoms with Gasteiger partial charge in [-0.1, -0.05) is 0 Å². The number of hydrogen-bond donors (Lipinski definition) is 1. The molecule has 6 heteroatoms. The fraction of sp³-hybridized carbons (Fsp3) is 0.900. The van der Waals surface area contributed by atoms with Crippen molar-refractivity contribution in [1.29, 1.82) is 0 Å². The molecule has 2 saturated heterocycles. The third kappa shape index (κ3) is 2.74. The molecule has 0 aliphatic carbocycles. The normalized spacial score (nSPS) is 26.6. The Hall–Kier alpha value is -0.620. The molecule has 2 aliphatic heterocycles. The molecule has 1 N–H and O–H groups in total. The van der Waals surface area contributed by atoms with E-state index in [9.17, 15) is 13.2 Å². The van der Waals surface area contributed by atoms with Gasteiger partial charge in [-0.3, -0.25) is 4.79 Å². The molecule has 0 unspecified atom stereocenters. The van der Waals surface area contributed by atoms with Gasteiger partial charge in [-0.15, -0.1) is 0 Å². The van der Waals surface area contributed by atoms with Crippen molar-refractivity contribution < 1.29 is 13.2 Å². The molecule has 0 radical (unpaired) electrons. The van der Waals surface area contributed by atoms with Crippen LogP contribution in [0.4, 0.5) is 0 Å². The van der Waals surface area contributed by atoms with Crippen molar-refractivity contribution in [2.24, 2.45) is 5.92 Å². The Bertz CT molecular complexity index is 346. The standard InChI is InChI=1S/C10H18N2O3S/c13-10(9-1-3-11-4-2-9)12-5-7-16(14,15)8-6-12/h9,11H,1-8H2. The zero-order chi connectivity index (χ0) is 11.6. The van der Waals surface area contributed by atoms with E-state index in [1.807, 2.05) is 0 Å². The predicted octanol–water partition coefficient (Wildman–Crippen LogP) is -0.757. The van der Waals surface area contributed by atoms with E-state index in [0.29, 0.717) is 13.1 Å². The number of carbonyl (C=O) groups is 1. The second kappa shape index (κ2) is 4.71. The smallest absolute Gasteiger partial charge is 0.225 e. The van der Waals surface area contributed by atoms with Gasteiger partial charge in [0.25, 0.3) is 0 Å². The lowest BCUT2D eigenvalue weighted by Crippen LogP contribution is -2.47. The van der Waals surface area contributed by atoms with Gasteiger partial charge in [0, 0.05) is 19.0 Å². The highest BCUT2D eigenvalue weighted by Gasteiger charge is 2.30. The Morgan fingerprint density at radius 2 is 1.69 bits per heavy atom. The topological polar surface area (TPSA) is 66.5 Å². The maximum atomic E-state index is 12.1. The lowest BCUT2D eigenvalue weighted by molar-refractivity contribution is -0.136. The molecule has 0 atom stereocenters. The van der Waals surface area contributed by atoms with E-state index in [1.165, 1.54) is 0 Å². The number of hydrogen-bond acceptors (Lipinski definition) is 4. The van der Waals surface area contributed by atoms with E-state index in [1.54, 1.807) is 4.90 Å². The zero-order valence-corrected chi connectivity index (χ0v) is 10.1. The number of rotatable bonds is 1. The van der Waals surface area contributed by atoms with Crippen molar-refractivity contribution in [1.82, 2.24) is 10.2 Å². The number of piperidine rings is 1. The van der Waals surface area contributed by atoms with Crippen molar-refractivity contribution in [2.45, 2.75) is 12.8 Å². The van der Waals surface area contributed by atoms with Crippen LogP contribution in [0.3, 0.4) is 0 Å². The SMILES string of the molecule is O=C(C1CCNCC1)N1CCS(=O)(=O)CC1. The number of amides is 1. The minimum absolute atomic E-state index is 0.0991. The summed E-state index contributed by atoms with van der Waals surface area (Å²) in [5, 5.41) is 3.22. The van der Waals surface area contributed by atoms with Crippen LogP contribution in [0, 0.1) is 5.92 Å². The summed E-state index contributed by atoms with van der Waals surface area (Å²) in [5.41, 5.74) is 0. The molecule has 92 valence electrons. The van der Waals surface area contributed by atoms with Crippen LogP contribution in [0.5, 0.6) is 0 Å². The molecule has 2 aliphatic rings. The maximum Gasteiger partial charge on any atom is 0.225 e. The molecule has 0 aromatic heterocycles. The molecule has 0 saturated carbocycles. The first-order chi connectivity index (χ1) is 7.58. The molecule has 1 amide bonds. The zero-order valence-electron chi connectivity index (χ0n) is 9.31. The number of carbonyl (C=O) groups excluding carboxylic acids is 1. The lowest BCUT2D eigenvalue weighted by Gasteiger charge is -2.32. The largest absolute Gasteiger partial charge is 0.340 e. The van der Waals surface area contributed by atoms with Gasteiger partial charge in [-0.2, -0.15) is 0 Å². The molecule has 16 heavy (non-hydrogen) atoms. The van der Waals surface area contributed by atoms with Crippen LogP contribution in [0.15, 0.2) is 0 Å². The highest BCUT2D eigenvalue weighted by molar-refractivity contribution is 7.91. The van der Waals surface area contributed by atoms with Gasteiger partial charge in [0.15, 0.2) is 9.84 Å². The Morgan fingerprint density at radius 3 is 2.25 bits per heavy atom. The van der Waals surface area contributed by atoms with Gasteiger partial charge < -0.3 is 10.2 Å². The van der Waals surface area contributed by atoms with Crippen LogP contribution in [-0.2, 0) is 14.6 Å². The van der Waals surface area contributed by atoms with E-state index in [0.717, 1.165) is 25.9 Å². The third-order valence-electron chi connectivity index (χ3n) is 3.34. The quantitative estimate of drug-likeness (QED) is 0.660. The summed E-state index contributed by atoms with van der Waals surface area (Å²) in [7, 11) is -2.89. The molecule has 0 bridgehead atoms. The van der Waals surface area contributed by atoms with Gasteiger partial charge in [0.2, 0.25) is 5.91 Å². The number of sulfone groups is 1. The summed E-state index contributed by atoms with van der Waals surface area (Å²) < 4.78 is 22.5. The molecule has 0 spiro atoms. The third-order valence-corrected chi connectivity index (χ3v) is 4.95. The first kappa shape index (κ1) is 11.9. The molecule has 2 heterocycles. The van der Waals surface area contributed by atoms with Crippen molar-refractivity contribution in [3.8, 4) is 0 Å².